The van der Waals surface area contributed by atoms with Crippen LogP contribution in [0.4, 0.5) is 5.69 Å². The summed E-state index contributed by atoms with van der Waals surface area (Å²) in [6.07, 6.45) is 1.35. The van der Waals surface area contributed by atoms with Gasteiger partial charge in [0.05, 0.1) is 16.0 Å². The Morgan fingerprint density at radius 1 is 1.00 bits per heavy atom. The van der Waals surface area contributed by atoms with Crippen molar-refractivity contribution in [3.05, 3.63) is 111 Å². The van der Waals surface area contributed by atoms with Crippen LogP contribution in [0, 0.1) is 10.1 Å². The fourth-order valence-electron chi connectivity index (χ4n) is 3.60. The maximum atomic E-state index is 12.6. The lowest BCUT2D eigenvalue weighted by Gasteiger charge is -2.04. The van der Waals surface area contributed by atoms with Gasteiger partial charge in [-0.05, 0) is 53.2 Å². The molecule has 1 amide bonds. The van der Waals surface area contributed by atoms with Crippen molar-refractivity contribution in [2.75, 3.05) is 0 Å². The maximum Gasteiger partial charge on any atom is 0.307 e. The highest BCUT2D eigenvalue weighted by Crippen LogP contribution is 2.35. The zero-order valence-electron chi connectivity index (χ0n) is 18.0. The monoisotopic (exact) mass is 501 g/mol. The number of fused-ring (bicyclic) bond motifs is 3. The van der Waals surface area contributed by atoms with Crippen molar-refractivity contribution in [1.29, 1.82) is 0 Å². The Morgan fingerprint density at radius 3 is 2.60 bits per heavy atom. The summed E-state index contributed by atoms with van der Waals surface area (Å²) in [6.45, 7) is 0. The number of carbonyl (C=O) groups is 1. The topological polar surface area (TPSA) is 97.7 Å². The van der Waals surface area contributed by atoms with E-state index in [4.69, 9.17) is 16.0 Å². The molecule has 1 N–H and O–H groups in total. The highest BCUT2D eigenvalue weighted by molar-refractivity contribution is 7.99. The number of hydrazone groups is 1. The van der Waals surface area contributed by atoms with Crippen LogP contribution in [0.15, 0.2) is 104 Å². The molecule has 0 aliphatic heterocycles. The molecule has 0 saturated heterocycles. The first-order chi connectivity index (χ1) is 17.0. The molecule has 5 aromatic rings. The van der Waals surface area contributed by atoms with Crippen LogP contribution in [0.25, 0.3) is 21.7 Å². The summed E-state index contributed by atoms with van der Waals surface area (Å²) in [5, 5.41) is 19.0. The number of benzene rings is 4. The molecule has 9 heteroatoms. The molecule has 4 aromatic carbocycles. The Kier molecular flexibility index (Phi) is 6.22. The Balaban J connectivity index is 1.32. The molecule has 1 aromatic heterocycles. The van der Waals surface area contributed by atoms with Crippen molar-refractivity contribution < 1.29 is 14.1 Å². The Hall–Kier alpha value is -4.14. The Morgan fingerprint density at radius 2 is 1.80 bits per heavy atom. The van der Waals surface area contributed by atoms with E-state index in [1.165, 1.54) is 24.0 Å². The van der Waals surface area contributed by atoms with Gasteiger partial charge in [0.25, 0.3) is 5.69 Å². The van der Waals surface area contributed by atoms with E-state index >= 15 is 0 Å². The van der Waals surface area contributed by atoms with Gasteiger partial charge in [-0.1, -0.05) is 59.8 Å². The van der Waals surface area contributed by atoms with Crippen molar-refractivity contribution in [3.8, 4) is 0 Å². The zero-order chi connectivity index (χ0) is 24.4. The Labute approximate surface area is 208 Å². The largest absolute Gasteiger partial charge is 0.451 e. The molecule has 0 spiro atoms. The van der Waals surface area contributed by atoms with E-state index in [9.17, 15) is 14.9 Å². The number of halogens is 1. The summed E-state index contributed by atoms with van der Waals surface area (Å²) in [5.74, 6) is -0.403. The van der Waals surface area contributed by atoms with Crippen LogP contribution >= 0.6 is 23.4 Å². The van der Waals surface area contributed by atoms with Gasteiger partial charge in [0.15, 0.2) is 5.76 Å². The second-order valence-corrected chi connectivity index (χ2v) is 9.10. The van der Waals surface area contributed by atoms with E-state index < -0.39 is 10.8 Å². The SMILES string of the molecule is O=C(NN=Cc1ccc(Sc2ccc(Cl)cc2)c([N+](=O)[O-])c1)c1cc2c(ccc3ccccc32)o1. The minimum Gasteiger partial charge on any atom is -0.451 e. The predicted molar refractivity (Wildman–Crippen MR) is 137 cm³/mol. The lowest BCUT2D eigenvalue weighted by molar-refractivity contribution is -0.387. The molecule has 0 atom stereocenters. The second-order valence-electron chi connectivity index (χ2n) is 7.55. The van der Waals surface area contributed by atoms with Crippen LogP contribution in [0.5, 0.6) is 0 Å². The van der Waals surface area contributed by atoms with E-state index in [0.29, 0.717) is 21.1 Å². The van der Waals surface area contributed by atoms with E-state index in [-0.39, 0.29) is 11.4 Å². The van der Waals surface area contributed by atoms with Crippen LogP contribution in [-0.2, 0) is 0 Å². The molecule has 0 bridgehead atoms. The first-order valence-electron chi connectivity index (χ1n) is 10.4. The van der Waals surface area contributed by atoms with Gasteiger partial charge in [0.2, 0.25) is 0 Å². The van der Waals surface area contributed by atoms with E-state index in [2.05, 4.69) is 10.5 Å². The summed E-state index contributed by atoms with van der Waals surface area (Å²) in [4.78, 5) is 25.0. The summed E-state index contributed by atoms with van der Waals surface area (Å²) < 4.78 is 5.68. The molecular formula is C26H16ClN3O4S. The summed E-state index contributed by atoms with van der Waals surface area (Å²) in [6, 6.07) is 25.0. The quantitative estimate of drug-likeness (QED) is 0.152. The molecule has 0 unspecified atom stereocenters. The van der Waals surface area contributed by atoms with Gasteiger partial charge in [-0.3, -0.25) is 14.9 Å². The van der Waals surface area contributed by atoms with Crippen molar-refractivity contribution in [1.82, 2.24) is 5.43 Å². The number of nitro benzene ring substituents is 1. The van der Waals surface area contributed by atoms with Crippen molar-refractivity contribution in [2.24, 2.45) is 5.10 Å². The zero-order valence-corrected chi connectivity index (χ0v) is 19.5. The minimum atomic E-state index is -0.522. The average molecular weight is 502 g/mol. The molecule has 172 valence electrons. The third kappa shape index (κ3) is 4.89. The summed E-state index contributed by atoms with van der Waals surface area (Å²) in [5.41, 5.74) is 3.41. The molecule has 1 heterocycles. The van der Waals surface area contributed by atoms with E-state index in [1.54, 1.807) is 42.5 Å². The van der Waals surface area contributed by atoms with E-state index in [0.717, 1.165) is 21.1 Å². The molecule has 0 fully saturated rings. The molecule has 0 radical (unpaired) electrons. The highest BCUT2D eigenvalue weighted by Gasteiger charge is 2.16. The lowest BCUT2D eigenvalue weighted by Crippen LogP contribution is -2.16. The Bertz CT molecular complexity index is 1610. The van der Waals surface area contributed by atoms with E-state index in [1.807, 2.05) is 36.4 Å². The number of amides is 1. The number of nitro groups is 1. The fraction of sp³-hybridized carbons (Fsp3) is 0. The van der Waals surface area contributed by atoms with Crippen molar-refractivity contribution >= 4 is 62.9 Å². The number of furan rings is 1. The second kappa shape index (κ2) is 9.61. The number of nitrogens with zero attached hydrogens (tertiary/aromatic N) is 2. The maximum absolute atomic E-state index is 12.6. The first-order valence-corrected chi connectivity index (χ1v) is 11.6. The van der Waals surface area contributed by atoms with Crippen LogP contribution in [0.2, 0.25) is 5.02 Å². The van der Waals surface area contributed by atoms with Crippen LogP contribution in [-0.4, -0.2) is 17.0 Å². The van der Waals surface area contributed by atoms with Gasteiger partial charge in [-0.25, -0.2) is 5.43 Å². The lowest BCUT2D eigenvalue weighted by atomic mass is 10.1. The standard InChI is InChI=1S/C26H16ClN3O4S/c27-18-7-9-19(10-8-18)35-25-12-5-16(13-22(25)30(32)33)15-28-29-26(31)24-14-21-20-4-2-1-3-17(20)6-11-23(21)34-24/h1-15H,(H,29,31). The normalized spacial score (nSPS) is 11.3. The van der Waals surface area contributed by atoms with Crippen LogP contribution in [0.1, 0.15) is 16.1 Å². The highest BCUT2D eigenvalue weighted by atomic mass is 35.5. The van der Waals surface area contributed by atoms with Gasteiger partial charge in [0.1, 0.15) is 5.58 Å². The van der Waals surface area contributed by atoms with Gasteiger partial charge in [0, 0.05) is 26.9 Å². The number of rotatable bonds is 6. The third-order valence-electron chi connectivity index (χ3n) is 5.25. The summed E-state index contributed by atoms with van der Waals surface area (Å²) >= 11 is 7.16. The predicted octanol–water partition coefficient (Wildman–Crippen LogP) is 7.06. The van der Waals surface area contributed by atoms with Gasteiger partial charge < -0.3 is 4.42 Å². The average Bonchev–Trinajstić information content (AvgIpc) is 3.31. The number of nitrogens with one attached hydrogen (secondary N) is 1. The number of hydrogen-bond donors (Lipinski definition) is 1. The summed E-state index contributed by atoms with van der Waals surface area (Å²) in [7, 11) is 0. The van der Waals surface area contributed by atoms with Gasteiger partial charge in [-0.15, -0.1) is 0 Å². The van der Waals surface area contributed by atoms with Gasteiger partial charge in [-0.2, -0.15) is 5.10 Å². The van der Waals surface area contributed by atoms with Gasteiger partial charge >= 0.3 is 5.91 Å². The number of hydrogen-bond acceptors (Lipinski definition) is 6. The molecule has 0 aliphatic carbocycles. The van der Waals surface area contributed by atoms with Crippen molar-refractivity contribution in [2.45, 2.75) is 9.79 Å². The molecule has 7 nitrogen and oxygen atoms in total. The molecule has 0 aliphatic rings. The van der Waals surface area contributed by atoms with Crippen LogP contribution < -0.4 is 5.43 Å². The fourth-order valence-corrected chi connectivity index (χ4v) is 4.62. The number of carbonyl (C=O) groups excluding carboxylic acids is 1. The molecule has 5 rings (SSSR count). The molecular weight excluding hydrogens is 486 g/mol. The van der Waals surface area contributed by atoms with Crippen LogP contribution in [0.3, 0.4) is 0 Å². The van der Waals surface area contributed by atoms with Crippen molar-refractivity contribution in [3.63, 3.8) is 0 Å². The third-order valence-corrected chi connectivity index (χ3v) is 6.58. The molecule has 0 saturated carbocycles. The first kappa shape index (κ1) is 22.6. The minimum absolute atomic E-state index is 0.0654. The molecule has 35 heavy (non-hydrogen) atoms. The smallest absolute Gasteiger partial charge is 0.307 e.